The summed E-state index contributed by atoms with van der Waals surface area (Å²) in [6.45, 7) is 3.91. The Hall–Kier alpha value is -1.94. The number of anilines is 1. The first-order valence-electron chi connectivity index (χ1n) is 6.63. The second-order valence-corrected chi connectivity index (χ2v) is 5.68. The summed E-state index contributed by atoms with van der Waals surface area (Å²) in [7, 11) is 0. The summed E-state index contributed by atoms with van der Waals surface area (Å²) >= 11 is 3.49. The van der Waals surface area contributed by atoms with Crippen molar-refractivity contribution < 1.29 is 9.59 Å². The second-order valence-electron chi connectivity index (χ2n) is 4.88. The van der Waals surface area contributed by atoms with Gasteiger partial charge < -0.3 is 5.32 Å². The minimum atomic E-state index is -0.303. The van der Waals surface area contributed by atoms with Gasteiger partial charge in [0.2, 0.25) is 5.91 Å². The highest BCUT2D eigenvalue weighted by Gasteiger charge is 2.13. The molecule has 108 valence electrons. The molecular weight excluding hydrogens is 330 g/mol. The number of rotatable bonds is 4. The molecule has 2 aromatic carbocycles. The molecule has 0 aliphatic rings. The average Bonchev–Trinajstić information content (AvgIpc) is 2.49. The highest BCUT2D eigenvalue weighted by atomic mass is 79.9. The predicted octanol–water partition coefficient (Wildman–Crippen LogP) is 4.28. The third-order valence-corrected chi connectivity index (χ3v) is 4.49. The van der Waals surface area contributed by atoms with Crippen LogP contribution in [0, 0.1) is 13.8 Å². The fourth-order valence-electron chi connectivity index (χ4n) is 2.02. The number of halogens is 1. The lowest BCUT2D eigenvalue weighted by molar-refractivity contribution is -0.115. The number of amides is 1. The van der Waals surface area contributed by atoms with Gasteiger partial charge in [-0.05, 0) is 31.0 Å². The van der Waals surface area contributed by atoms with E-state index in [-0.39, 0.29) is 18.1 Å². The van der Waals surface area contributed by atoms with Gasteiger partial charge in [0.1, 0.15) is 0 Å². The maximum absolute atomic E-state index is 12.0. The van der Waals surface area contributed by atoms with Crippen LogP contribution >= 0.6 is 15.9 Å². The Morgan fingerprint density at radius 3 is 2.38 bits per heavy atom. The Morgan fingerprint density at radius 1 is 1.05 bits per heavy atom. The number of aryl methyl sites for hydroxylation is 1. The lowest BCUT2D eigenvalue weighted by Crippen LogP contribution is -2.17. The monoisotopic (exact) mass is 345 g/mol. The molecule has 0 fully saturated rings. The first kappa shape index (κ1) is 15.4. The van der Waals surface area contributed by atoms with Crippen LogP contribution in [0.15, 0.2) is 46.9 Å². The largest absolute Gasteiger partial charge is 0.325 e. The minimum absolute atomic E-state index is 0.158. The van der Waals surface area contributed by atoms with Crippen molar-refractivity contribution in [3.8, 4) is 0 Å². The molecule has 3 nitrogen and oxygen atoms in total. The number of nitrogens with one attached hydrogen (secondary N) is 1. The molecule has 2 rings (SSSR count). The van der Waals surface area contributed by atoms with Crippen molar-refractivity contribution >= 4 is 33.3 Å². The van der Waals surface area contributed by atoms with Crippen LogP contribution in [0.2, 0.25) is 0 Å². The fraction of sp³-hybridized carbons (Fsp3) is 0.176. The van der Waals surface area contributed by atoms with Gasteiger partial charge in [-0.25, -0.2) is 0 Å². The van der Waals surface area contributed by atoms with Crippen molar-refractivity contribution in [2.24, 2.45) is 0 Å². The first-order valence-corrected chi connectivity index (χ1v) is 7.42. The summed E-state index contributed by atoms with van der Waals surface area (Å²) in [5.41, 5.74) is 3.33. The lowest BCUT2D eigenvalue weighted by atomic mass is 10.1. The first-order chi connectivity index (χ1) is 9.99. The zero-order chi connectivity index (χ0) is 15.4. The maximum Gasteiger partial charge on any atom is 0.232 e. The van der Waals surface area contributed by atoms with Crippen LogP contribution in [0.1, 0.15) is 27.9 Å². The van der Waals surface area contributed by atoms with E-state index in [2.05, 4.69) is 21.2 Å². The van der Waals surface area contributed by atoms with E-state index in [0.717, 1.165) is 21.3 Å². The van der Waals surface area contributed by atoms with Crippen molar-refractivity contribution in [2.45, 2.75) is 20.3 Å². The molecule has 0 saturated heterocycles. The molecule has 1 amide bonds. The molecular formula is C17H16BrNO2. The summed E-state index contributed by atoms with van der Waals surface area (Å²) in [6, 6.07) is 12.6. The van der Waals surface area contributed by atoms with Gasteiger partial charge in [0, 0.05) is 15.7 Å². The molecule has 4 heteroatoms. The quantitative estimate of drug-likeness (QED) is 0.664. The predicted molar refractivity (Wildman–Crippen MR) is 87.6 cm³/mol. The van der Waals surface area contributed by atoms with Crippen LogP contribution in [0.4, 0.5) is 5.69 Å². The van der Waals surface area contributed by atoms with Crippen molar-refractivity contribution in [1.29, 1.82) is 0 Å². The minimum Gasteiger partial charge on any atom is -0.325 e. The third kappa shape index (κ3) is 3.79. The maximum atomic E-state index is 12.0. The Balaban J connectivity index is 2.06. The summed E-state index contributed by atoms with van der Waals surface area (Å²) in [5, 5.41) is 2.79. The number of hydrogen-bond donors (Lipinski definition) is 1. The zero-order valence-corrected chi connectivity index (χ0v) is 13.5. The SMILES string of the molecule is Cc1ccc(NC(=O)CC(=O)c2ccccc2)c(C)c1Br. The van der Waals surface area contributed by atoms with E-state index >= 15 is 0 Å². The van der Waals surface area contributed by atoms with E-state index in [1.165, 1.54) is 0 Å². The van der Waals surface area contributed by atoms with Crippen LogP contribution in [0.25, 0.3) is 0 Å². The summed E-state index contributed by atoms with van der Waals surface area (Å²) < 4.78 is 0.967. The molecule has 1 N–H and O–H groups in total. The molecule has 0 atom stereocenters. The Kier molecular flexibility index (Phi) is 4.91. The van der Waals surface area contributed by atoms with Crippen LogP contribution in [-0.4, -0.2) is 11.7 Å². The van der Waals surface area contributed by atoms with Gasteiger partial charge in [-0.1, -0.05) is 52.3 Å². The normalized spacial score (nSPS) is 10.2. The number of carbonyl (C=O) groups is 2. The van der Waals surface area contributed by atoms with Crippen molar-refractivity contribution in [3.05, 3.63) is 63.6 Å². The average molecular weight is 346 g/mol. The molecule has 0 unspecified atom stereocenters. The zero-order valence-electron chi connectivity index (χ0n) is 11.9. The Morgan fingerprint density at radius 2 is 1.71 bits per heavy atom. The fourth-order valence-corrected chi connectivity index (χ4v) is 2.37. The van der Waals surface area contributed by atoms with Crippen molar-refractivity contribution in [1.82, 2.24) is 0 Å². The van der Waals surface area contributed by atoms with Crippen molar-refractivity contribution in [3.63, 3.8) is 0 Å². The molecule has 0 saturated carbocycles. The summed E-state index contributed by atoms with van der Waals surface area (Å²) in [6.07, 6.45) is -0.158. The Labute approximate surface area is 132 Å². The Bertz CT molecular complexity index is 681. The highest BCUT2D eigenvalue weighted by Crippen LogP contribution is 2.27. The number of Topliss-reactive ketones (excluding diaryl/α,β-unsaturated/α-hetero) is 1. The van der Waals surface area contributed by atoms with E-state index in [1.54, 1.807) is 24.3 Å². The molecule has 0 spiro atoms. The van der Waals surface area contributed by atoms with E-state index < -0.39 is 0 Å². The molecule has 21 heavy (non-hydrogen) atoms. The number of ketones is 1. The van der Waals surface area contributed by atoms with E-state index in [0.29, 0.717) is 5.56 Å². The molecule has 0 aliphatic heterocycles. The van der Waals surface area contributed by atoms with Gasteiger partial charge in [0.05, 0.1) is 6.42 Å². The van der Waals surface area contributed by atoms with E-state index in [4.69, 9.17) is 0 Å². The highest BCUT2D eigenvalue weighted by molar-refractivity contribution is 9.10. The molecule has 0 aliphatic carbocycles. The molecule has 0 radical (unpaired) electrons. The van der Waals surface area contributed by atoms with Crippen LogP contribution < -0.4 is 5.32 Å². The third-order valence-electron chi connectivity index (χ3n) is 3.27. The van der Waals surface area contributed by atoms with Gasteiger partial charge in [-0.2, -0.15) is 0 Å². The summed E-state index contributed by atoms with van der Waals surface area (Å²) in [5.74, 6) is -0.486. The lowest BCUT2D eigenvalue weighted by Gasteiger charge is -2.11. The summed E-state index contributed by atoms with van der Waals surface area (Å²) in [4.78, 5) is 24.0. The number of benzene rings is 2. The number of hydrogen-bond acceptors (Lipinski definition) is 2. The smallest absolute Gasteiger partial charge is 0.232 e. The van der Waals surface area contributed by atoms with Gasteiger partial charge in [0.15, 0.2) is 5.78 Å². The van der Waals surface area contributed by atoms with Gasteiger partial charge >= 0.3 is 0 Å². The van der Waals surface area contributed by atoms with Gasteiger partial charge in [-0.15, -0.1) is 0 Å². The van der Waals surface area contributed by atoms with E-state index in [9.17, 15) is 9.59 Å². The molecule has 2 aromatic rings. The van der Waals surface area contributed by atoms with E-state index in [1.807, 2.05) is 32.0 Å². The number of carbonyl (C=O) groups excluding carboxylic acids is 2. The van der Waals surface area contributed by atoms with Gasteiger partial charge in [-0.3, -0.25) is 9.59 Å². The van der Waals surface area contributed by atoms with Crippen molar-refractivity contribution in [2.75, 3.05) is 5.32 Å². The molecule has 0 heterocycles. The van der Waals surface area contributed by atoms with Crippen LogP contribution in [0.5, 0.6) is 0 Å². The standard InChI is InChI=1S/C17H16BrNO2/c1-11-8-9-14(12(2)17(11)18)19-16(21)10-15(20)13-6-4-3-5-7-13/h3-9H,10H2,1-2H3,(H,19,21). The topological polar surface area (TPSA) is 46.2 Å². The second kappa shape index (κ2) is 6.68. The van der Waals surface area contributed by atoms with Crippen LogP contribution in [-0.2, 0) is 4.79 Å². The molecule has 0 bridgehead atoms. The van der Waals surface area contributed by atoms with Crippen LogP contribution in [0.3, 0.4) is 0 Å². The van der Waals surface area contributed by atoms with Gasteiger partial charge in [0.25, 0.3) is 0 Å². The molecule has 0 aromatic heterocycles.